The second-order valence-electron chi connectivity index (χ2n) is 10.4. The molecule has 5 rings (SSSR count). The van der Waals surface area contributed by atoms with Gasteiger partial charge in [0.1, 0.15) is 11.5 Å². The highest BCUT2D eigenvalue weighted by Gasteiger charge is 2.58. The standard InChI is InChI=1S/C28H32Cl2N2O4/c1-35-20-5-7-23(36-2)18(15-20)3-8-25(33)31-24-17-27(24)11-13-32(14-12-27)26(34)28(9-10-28)19-4-6-21(29)22(30)16-19/h4-7,15-16,24H,3,8-14,17H2,1-2H3,(H,31,33). The van der Waals surface area contributed by atoms with E-state index in [1.54, 1.807) is 20.3 Å². The number of rotatable bonds is 8. The van der Waals surface area contributed by atoms with Crippen LogP contribution in [-0.2, 0) is 21.4 Å². The molecule has 6 nitrogen and oxygen atoms in total. The molecule has 1 N–H and O–H groups in total. The minimum absolute atomic E-state index is 0.0526. The maximum atomic E-state index is 13.4. The number of nitrogens with zero attached hydrogens (tertiary/aromatic N) is 1. The molecule has 1 spiro atoms. The molecule has 192 valence electrons. The van der Waals surface area contributed by atoms with Crippen LogP contribution >= 0.6 is 23.2 Å². The number of aryl methyl sites for hydroxylation is 1. The molecule has 2 amide bonds. The fourth-order valence-corrected chi connectivity index (χ4v) is 6.00. The van der Waals surface area contributed by atoms with Crippen molar-refractivity contribution in [3.05, 3.63) is 57.6 Å². The molecule has 0 radical (unpaired) electrons. The van der Waals surface area contributed by atoms with Crippen molar-refractivity contribution in [1.29, 1.82) is 0 Å². The quantitative estimate of drug-likeness (QED) is 0.511. The number of amides is 2. The SMILES string of the molecule is COc1ccc(OC)c(CCC(=O)NC2CC23CCN(C(=O)C2(c4ccc(Cl)c(Cl)c4)CC2)CC3)c1. The maximum Gasteiger partial charge on any atom is 0.233 e. The van der Waals surface area contributed by atoms with E-state index in [2.05, 4.69) is 5.32 Å². The van der Waals surface area contributed by atoms with Crippen LogP contribution in [0.15, 0.2) is 36.4 Å². The molecule has 1 atom stereocenters. The first-order chi connectivity index (χ1) is 17.3. The van der Waals surface area contributed by atoms with Crippen molar-refractivity contribution >= 4 is 35.0 Å². The first kappa shape index (κ1) is 25.2. The second-order valence-corrected chi connectivity index (χ2v) is 11.2. The van der Waals surface area contributed by atoms with Crippen LogP contribution in [0, 0.1) is 5.41 Å². The van der Waals surface area contributed by atoms with Gasteiger partial charge in [-0.25, -0.2) is 0 Å². The van der Waals surface area contributed by atoms with Crippen LogP contribution < -0.4 is 14.8 Å². The first-order valence-corrected chi connectivity index (χ1v) is 13.3. The number of carbonyl (C=O) groups excluding carboxylic acids is 2. The van der Waals surface area contributed by atoms with Crippen molar-refractivity contribution in [1.82, 2.24) is 10.2 Å². The monoisotopic (exact) mass is 530 g/mol. The van der Waals surface area contributed by atoms with Gasteiger partial charge in [-0.1, -0.05) is 29.3 Å². The van der Waals surface area contributed by atoms with Crippen LogP contribution in [0.3, 0.4) is 0 Å². The fourth-order valence-electron chi connectivity index (χ4n) is 5.70. The average molecular weight is 531 g/mol. The van der Waals surface area contributed by atoms with E-state index in [-0.39, 0.29) is 23.3 Å². The third-order valence-corrected chi connectivity index (χ3v) is 9.05. The van der Waals surface area contributed by atoms with E-state index in [1.807, 2.05) is 35.2 Å². The zero-order chi connectivity index (χ0) is 25.5. The molecule has 2 aliphatic carbocycles. The Bertz CT molecular complexity index is 1170. The molecule has 0 aromatic heterocycles. The molecule has 8 heteroatoms. The van der Waals surface area contributed by atoms with Crippen LogP contribution in [0.1, 0.15) is 49.7 Å². The van der Waals surface area contributed by atoms with Crippen LogP contribution in [0.5, 0.6) is 11.5 Å². The molecular weight excluding hydrogens is 499 g/mol. The van der Waals surface area contributed by atoms with Gasteiger partial charge < -0.3 is 19.7 Å². The molecule has 0 bridgehead atoms. The molecule has 1 aliphatic heterocycles. The van der Waals surface area contributed by atoms with Crippen molar-refractivity contribution in [2.75, 3.05) is 27.3 Å². The Hall–Kier alpha value is -2.44. The molecule has 2 aromatic carbocycles. The lowest BCUT2D eigenvalue weighted by Crippen LogP contribution is -2.45. The number of carbonyl (C=O) groups is 2. The lowest BCUT2D eigenvalue weighted by atomic mass is 9.89. The maximum absolute atomic E-state index is 13.4. The minimum Gasteiger partial charge on any atom is -0.497 e. The Kier molecular flexibility index (Phi) is 6.86. The summed E-state index contributed by atoms with van der Waals surface area (Å²) in [5, 5.41) is 4.23. The lowest BCUT2D eigenvalue weighted by Gasteiger charge is -2.35. The van der Waals surface area contributed by atoms with Crippen molar-refractivity contribution < 1.29 is 19.1 Å². The number of likely N-dealkylation sites (tertiary alicyclic amines) is 1. The number of piperidine rings is 1. The number of nitrogens with one attached hydrogen (secondary N) is 1. The van der Waals surface area contributed by atoms with Crippen LogP contribution in [0.4, 0.5) is 0 Å². The zero-order valence-corrected chi connectivity index (χ0v) is 22.3. The molecular formula is C28H32Cl2N2O4. The van der Waals surface area contributed by atoms with Gasteiger partial charge in [-0.15, -0.1) is 0 Å². The lowest BCUT2D eigenvalue weighted by molar-refractivity contribution is -0.135. The van der Waals surface area contributed by atoms with Gasteiger partial charge in [-0.3, -0.25) is 9.59 Å². The Balaban J connectivity index is 1.12. The highest BCUT2D eigenvalue weighted by Crippen LogP contribution is 2.56. The van der Waals surface area contributed by atoms with Crippen LogP contribution in [-0.4, -0.2) is 50.1 Å². The van der Waals surface area contributed by atoms with E-state index in [4.69, 9.17) is 32.7 Å². The first-order valence-electron chi connectivity index (χ1n) is 12.6. The smallest absolute Gasteiger partial charge is 0.233 e. The second kappa shape index (κ2) is 9.79. The summed E-state index contributed by atoms with van der Waals surface area (Å²) in [6.45, 7) is 1.46. The summed E-state index contributed by atoms with van der Waals surface area (Å²) in [6, 6.07) is 11.4. The van der Waals surface area contributed by atoms with Gasteiger partial charge in [-0.2, -0.15) is 0 Å². The molecule has 2 aromatic rings. The van der Waals surface area contributed by atoms with Gasteiger partial charge >= 0.3 is 0 Å². The number of hydrogen-bond acceptors (Lipinski definition) is 4. The highest BCUT2D eigenvalue weighted by molar-refractivity contribution is 6.42. The predicted octanol–water partition coefficient (Wildman–Crippen LogP) is 5.17. The van der Waals surface area contributed by atoms with Gasteiger partial charge in [0.15, 0.2) is 0 Å². The highest BCUT2D eigenvalue weighted by atomic mass is 35.5. The largest absolute Gasteiger partial charge is 0.497 e. The van der Waals surface area contributed by atoms with Gasteiger partial charge in [0.05, 0.1) is 29.7 Å². The Morgan fingerprint density at radius 3 is 2.39 bits per heavy atom. The Morgan fingerprint density at radius 2 is 1.75 bits per heavy atom. The summed E-state index contributed by atoms with van der Waals surface area (Å²) in [4.78, 5) is 28.2. The minimum atomic E-state index is -0.447. The van der Waals surface area contributed by atoms with Crippen LogP contribution in [0.25, 0.3) is 0 Å². The zero-order valence-electron chi connectivity index (χ0n) is 20.7. The molecule has 2 saturated carbocycles. The molecule has 36 heavy (non-hydrogen) atoms. The molecule has 3 fully saturated rings. The number of halogens is 2. The number of hydrogen-bond donors (Lipinski definition) is 1. The van der Waals surface area contributed by atoms with E-state index in [1.165, 1.54) is 0 Å². The average Bonchev–Trinajstić information content (AvgIpc) is 3.81. The number of methoxy groups -OCH3 is 2. The molecule has 1 unspecified atom stereocenters. The summed E-state index contributed by atoms with van der Waals surface area (Å²) in [7, 11) is 3.26. The number of benzene rings is 2. The summed E-state index contributed by atoms with van der Waals surface area (Å²) in [6.07, 6.45) is 5.51. The predicted molar refractivity (Wildman–Crippen MR) is 140 cm³/mol. The summed E-state index contributed by atoms with van der Waals surface area (Å²) < 4.78 is 10.7. The van der Waals surface area contributed by atoms with Crippen LogP contribution in [0.2, 0.25) is 10.0 Å². The Labute approximate surface area is 222 Å². The van der Waals surface area contributed by atoms with Crippen molar-refractivity contribution in [3.63, 3.8) is 0 Å². The van der Waals surface area contributed by atoms with Gasteiger partial charge in [-0.05, 0) is 85.4 Å². The van der Waals surface area contributed by atoms with Gasteiger partial charge in [0, 0.05) is 25.6 Å². The van der Waals surface area contributed by atoms with Crippen molar-refractivity contribution in [2.24, 2.45) is 5.41 Å². The third-order valence-electron chi connectivity index (χ3n) is 8.31. The van der Waals surface area contributed by atoms with Crippen molar-refractivity contribution in [3.8, 4) is 11.5 Å². The third kappa shape index (κ3) is 4.78. The van der Waals surface area contributed by atoms with E-state index in [0.29, 0.717) is 22.9 Å². The molecule has 1 saturated heterocycles. The summed E-state index contributed by atoms with van der Waals surface area (Å²) >= 11 is 12.3. The Morgan fingerprint density at radius 1 is 1.00 bits per heavy atom. The van der Waals surface area contributed by atoms with Gasteiger partial charge in [0.25, 0.3) is 0 Å². The topological polar surface area (TPSA) is 67.9 Å². The molecule has 3 aliphatic rings. The summed E-state index contributed by atoms with van der Waals surface area (Å²) in [5.74, 6) is 1.76. The van der Waals surface area contributed by atoms with Gasteiger partial charge in [0.2, 0.25) is 11.8 Å². The summed E-state index contributed by atoms with van der Waals surface area (Å²) in [5.41, 5.74) is 1.60. The molecule has 1 heterocycles. The van der Waals surface area contributed by atoms with E-state index in [0.717, 1.165) is 67.8 Å². The normalized spacial score (nSPS) is 21.1. The number of ether oxygens (including phenoxy) is 2. The van der Waals surface area contributed by atoms with E-state index in [9.17, 15) is 9.59 Å². The fraction of sp³-hybridized carbons (Fsp3) is 0.500. The van der Waals surface area contributed by atoms with Crippen molar-refractivity contribution in [2.45, 2.75) is 56.4 Å². The van der Waals surface area contributed by atoms with E-state index >= 15 is 0 Å². The van der Waals surface area contributed by atoms with E-state index < -0.39 is 5.41 Å².